The predicted octanol–water partition coefficient (Wildman–Crippen LogP) is 1.97. The molecule has 1 heterocycles. The fourth-order valence-electron chi connectivity index (χ4n) is 3.68. The molecule has 0 N–H and O–H groups in total. The lowest BCUT2D eigenvalue weighted by molar-refractivity contribution is 0.248. The van der Waals surface area contributed by atoms with Crippen LogP contribution in [0.5, 0.6) is 0 Å². The van der Waals surface area contributed by atoms with E-state index in [0.29, 0.717) is 17.3 Å². The van der Waals surface area contributed by atoms with Crippen LogP contribution in [0.3, 0.4) is 0 Å². The quantitative estimate of drug-likeness (QED) is 0.616. The van der Waals surface area contributed by atoms with Gasteiger partial charge in [0, 0.05) is 23.3 Å². The van der Waals surface area contributed by atoms with Crippen molar-refractivity contribution in [2.75, 3.05) is 13.1 Å². The second kappa shape index (κ2) is 3.55. The molecule has 1 saturated heterocycles. The summed E-state index contributed by atoms with van der Waals surface area (Å²) in [5.74, 6) is 0.634. The van der Waals surface area contributed by atoms with Crippen molar-refractivity contribution in [2.45, 2.75) is 35.9 Å². The fraction of sp³-hybridized carbons (Fsp3) is 0.571. The highest BCUT2D eigenvalue weighted by atomic mass is 32.1. The van der Waals surface area contributed by atoms with E-state index >= 15 is 0 Å². The maximum absolute atomic E-state index is 5.03. The summed E-state index contributed by atoms with van der Waals surface area (Å²) >= 11 is 5.03. The molecule has 1 aromatic rings. The summed E-state index contributed by atoms with van der Waals surface area (Å²) < 4.78 is 0.193. The van der Waals surface area contributed by atoms with Gasteiger partial charge < -0.3 is 0 Å². The zero-order valence-electron chi connectivity index (χ0n) is 10.9. The van der Waals surface area contributed by atoms with Gasteiger partial charge in [0.15, 0.2) is 0 Å². The van der Waals surface area contributed by atoms with Crippen LogP contribution in [0.25, 0.3) is 0 Å². The average molecular weight is 245 g/mol. The van der Waals surface area contributed by atoms with Crippen molar-refractivity contribution in [3.8, 4) is 0 Å². The number of benzene rings is 1. The van der Waals surface area contributed by atoms with Gasteiger partial charge in [0.25, 0.3) is 0 Å². The number of hydrogen-bond donors (Lipinski definition) is 1. The molecule has 0 unspecified atom stereocenters. The second-order valence-corrected chi connectivity index (χ2v) is 6.98. The average Bonchev–Trinajstić information content (AvgIpc) is 2.60. The number of likely N-dealkylation sites (tertiary alicyclic amines) is 1. The van der Waals surface area contributed by atoms with Crippen LogP contribution < -0.4 is 0 Å². The van der Waals surface area contributed by atoms with Gasteiger partial charge in [-0.2, -0.15) is 12.6 Å². The Hall–Kier alpha value is -0.405. The van der Waals surface area contributed by atoms with Crippen LogP contribution in [-0.4, -0.2) is 36.6 Å². The first kappa shape index (κ1) is 11.7. The van der Waals surface area contributed by atoms with Gasteiger partial charge in [-0.1, -0.05) is 30.3 Å². The van der Waals surface area contributed by atoms with Crippen molar-refractivity contribution in [3.63, 3.8) is 0 Å². The molecule has 17 heavy (non-hydrogen) atoms. The first-order chi connectivity index (χ1) is 7.99. The molecule has 1 aliphatic heterocycles. The highest BCUT2D eigenvalue weighted by molar-refractivity contribution is 7.82. The van der Waals surface area contributed by atoms with E-state index in [1.807, 2.05) is 0 Å². The Kier molecular flexibility index (Phi) is 2.44. The Balaban J connectivity index is 1.87. The zero-order chi connectivity index (χ0) is 12.3. The number of fused-ring (bicyclic) bond motifs is 1. The molecule has 0 aromatic heterocycles. The van der Waals surface area contributed by atoms with E-state index in [1.165, 1.54) is 12.1 Å². The molecular weight excluding hydrogens is 225 g/mol. The van der Waals surface area contributed by atoms with Gasteiger partial charge in [-0.05, 0) is 31.3 Å². The largest absolute Gasteiger partial charge is 0.300 e. The lowest BCUT2D eigenvalue weighted by atomic mass is 9.79. The van der Waals surface area contributed by atoms with Crippen molar-refractivity contribution in [2.24, 2.45) is 0 Å². The number of thiol groups is 1. The Bertz CT molecular complexity index is 417. The Morgan fingerprint density at radius 1 is 1.29 bits per heavy atom. The van der Waals surface area contributed by atoms with Crippen LogP contribution in [0.1, 0.15) is 25.3 Å². The first-order valence-electron chi connectivity index (χ1n) is 6.50. The third-order valence-electron chi connectivity index (χ3n) is 4.86. The number of nitrogens with zero attached hydrogens (tertiary/aromatic N) is 1. The molecule has 0 radical (unpaired) electrons. The van der Waals surface area contributed by atoms with Gasteiger partial charge in [0.1, 0.15) is 7.85 Å². The predicted molar refractivity (Wildman–Crippen MR) is 78.8 cm³/mol. The maximum Gasteiger partial charge on any atom is 0.113 e. The Morgan fingerprint density at radius 3 is 2.41 bits per heavy atom. The molecule has 3 rings (SSSR count). The van der Waals surface area contributed by atoms with E-state index < -0.39 is 0 Å². The van der Waals surface area contributed by atoms with Crippen molar-refractivity contribution in [1.82, 2.24) is 4.90 Å². The van der Waals surface area contributed by atoms with Crippen LogP contribution in [0.2, 0.25) is 5.31 Å². The minimum absolute atomic E-state index is 0.193. The highest BCUT2D eigenvalue weighted by Crippen LogP contribution is 2.78. The number of hydrogen-bond acceptors (Lipinski definition) is 2. The summed E-state index contributed by atoms with van der Waals surface area (Å²) in [5.41, 5.74) is 1.47. The fourth-order valence-corrected chi connectivity index (χ4v) is 4.43. The third-order valence-corrected chi connectivity index (χ3v) is 5.77. The van der Waals surface area contributed by atoms with Crippen LogP contribution in [0, 0.1) is 0 Å². The summed E-state index contributed by atoms with van der Waals surface area (Å²) in [6.45, 7) is 6.88. The molecule has 3 atom stereocenters. The van der Waals surface area contributed by atoms with E-state index in [4.69, 9.17) is 12.6 Å². The van der Waals surface area contributed by atoms with Crippen molar-refractivity contribution < 1.29 is 0 Å². The van der Waals surface area contributed by atoms with Gasteiger partial charge in [-0.15, -0.1) is 0 Å². The van der Waals surface area contributed by atoms with Gasteiger partial charge in [0.05, 0.1) is 0 Å². The molecule has 2 fully saturated rings. The van der Waals surface area contributed by atoms with Crippen molar-refractivity contribution in [3.05, 3.63) is 35.9 Å². The van der Waals surface area contributed by atoms with E-state index in [2.05, 4.69) is 56.9 Å². The molecule has 1 aliphatic carbocycles. The molecule has 0 spiro atoms. The van der Waals surface area contributed by atoms with E-state index in [-0.39, 0.29) is 4.75 Å². The normalized spacial score (nSPS) is 40.6. The summed E-state index contributed by atoms with van der Waals surface area (Å²) in [5, 5.41) is 0.363. The molecule has 1 nitrogen and oxygen atoms in total. The lowest BCUT2D eigenvalue weighted by Gasteiger charge is -2.26. The van der Waals surface area contributed by atoms with Gasteiger partial charge in [-0.25, -0.2) is 0 Å². The molecule has 0 amide bonds. The number of piperidine rings is 1. The van der Waals surface area contributed by atoms with E-state index in [9.17, 15) is 0 Å². The van der Waals surface area contributed by atoms with Crippen LogP contribution in [0.4, 0.5) is 0 Å². The minimum Gasteiger partial charge on any atom is -0.300 e. The van der Waals surface area contributed by atoms with Crippen molar-refractivity contribution in [1.29, 1.82) is 0 Å². The molecule has 2 aliphatic rings. The summed E-state index contributed by atoms with van der Waals surface area (Å²) in [6.07, 6.45) is 0. The van der Waals surface area contributed by atoms with Crippen molar-refractivity contribution >= 4 is 20.5 Å². The third kappa shape index (κ3) is 1.45. The Morgan fingerprint density at radius 2 is 1.94 bits per heavy atom. The molecule has 3 heteroatoms. The smallest absolute Gasteiger partial charge is 0.113 e. The Labute approximate surface area is 110 Å². The van der Waals surface area contributed by atoms with E-state index in [0.717, 1.165) is 6.54 Å². The molecule has 1 aromatic carbocycles. The summed E-state index contributed by atoms with van der Waals surface area (Å²) in [6, 6.07) is 11.5. The standard InChI is InChI=1S/C14H20BNS/c1-10(2)16-8-13(15)12(14(13,17)9-16)11-6-4-3-5-7-11/h3-7,10,12,17H,8-9,15H2,1-2H3/t12-,13+,14-/m0/s1. The monoisotopic (exact) mass is 245 g/mol. The second-order valence-electron chi connectivity index (χ2n) is 6.18. The lowest BCUT2D eigenvalue weighted by Crippen LogP contribution is -2.33. The topological polar surface area (TPSA) is 3.24 Å². The van der Waals surface area contributed by atoms with E-state index in [1.54, 1.807) is 0 Å². The highest BCUT2D eigenvalue weighted by Gasteiger charge is 2.75. The maximum atomic E-state index is 5.03. The van der Waals surface area contributed by atoms with Gasteiger partial charge in [-0.3, -0.25) is 4.90 Å². The molecular formula is C14H20BNS. The van der Waals surface area contributed by atoms with Crippen LogP contribution >= 0.6 is 12.6 Å². The van der Waals surface area contributed by atoms with Crippen LogP contribution in [0.15, 0.2) is 30.3 Å². The molecule has 0 bridgehead atoms. The minimum atomic E-state index is 0.193. The zero-order valence-corrected chi connectivity index (χ0v) is 11.7. The van der Waals surface area contributed by atoms with Gasteiger partial charge in [0.2, 0.25) is 0 Å². The SMILES string of the molecule is B[C@@]12CN(C(C)C)C[C@]1(S)[C@H]2c1ccccc1. The van der Waals surface area contributed by atoms with Crippen LogP contribution in [-0.2, 0) is 0 Å². The van der Waals surface area contributed by atoms with Gasteiger partial charge >= 0.3 is 0 Å². The summed E-state index contributed by atoms with van der Waals surface area (Å²) in [7, 11) is 2.40. The first-order valence-corrected chi connectivity index (χ1v) is 6.95. The number of rotatable bonds is 2. The molecule has 90 valence electrons. The molecule has 1 saturated carbocycles. The summed E-state index contributed by atoms with van der Waals surface area (Å²) in [4.78, 5) is 2.56.